The van der Waals surface area contributed by atoms with E-state index in [-0.39, 0.29) is 17.3 Å². The van der Waals surface area contributed by atoms with Gasteiger partial charge in [-0.15, -0.1) is 0 Å². The van der Waals surface area contributed by atoms with Gasteiger partial charge in [0.05, 0.1) is 10.6 Å². The number of nitrogens with zero attached hydrogens (tertiary/aromatic N) is 1. The van der Waals surface area contributed by atoms with E-state index in [1.807, 2.05) is 13.8 Å². The molecule has 180 valence electrons. The maximum absolute atomic E-state index is 13.9. The standard InChI is InChI=1S/C25H26ClFN2O3S2/c1-18-6-10-20(11-7-18)29(34(31,32)21-12-8-19(2)9-13-21)16-25(30)28-14-15-33-17-22-23(26)4-3-5-24(22)27/h3-13H,14-17H2,1-2H3,(H,28,30). The van der Waals surface area contributed by atoms with Crippen molar-refractivity contribution in [3.63, 3.8) is 0 Å². The Morgan fingerprint density at radius 3 is 2.24 bits per heavy atom. The Morgan fingerprint density at radius 1 is 1.00 bits per heavy atom. The third-order valence-corrected chi connectivity index (χ3v) is 8.22. The second kappa shape index (κ2) is 11.7. The highest BCUT2D eigenvalue weighted by molar-refractivity contribution is 7.98. The molecule has 0 aromatic heterocycles. The summed E-state index contributed by atoms with van der Waals surface area (Å²) in [7, 11) is -3.95. The molecule has 3 rings (SSSR count). The summed E-state index contributed by atoms with van der Waals surface area (Å²) in [6.07, 6.45) is 0. The van der Waals surface area contributed by atoms with Crippen LogP contribution in [0.1, 0.15) is 16.7 Å². The van der Waals surface area contributed by atoms with Crippen molar-refractivity contribution in [1.82, 2.24) is 5.32 Å². The van der Waals surface area contributed by atoms with Crippen molar-refractivity contribution in [2.24, 2.45) is 0 Å². The van der Waals surface area contributed by atoms with Crippen LogP contribution in [0, 0.1) is 19.7 Å². The van der Waals surface area contributed by atoms with E-state index in [1.54, 1.807) is 48.5 Å². The van der Waals surface area contributed by atoms with Gasteiger partial charge in [-0.2, -0.15) is 11.8 Å². The van der Waals surface area contributed by atoms with Gasteiger partial charge in [0, 0.05) is 28.6 Å². The zero-order valence-electron chi connectivity index (χ0n) is 18.9. The lowest BCUT2D eigenvalue weighted by atomic mass is 10.2. The summed E-state index contributed by atoms with van der Waals surface area (Å²) in [5.74, 6) is 0.101. The molecule has 0 saturated heterocycles. The Morgan fingerprint density at radius 2 is 1.62 bits per heavy atom. The van der Waals surface area contributed by atoms with Crippen molar-refractivity contribution >= 4 is 45.0 Å². The fourth-order valence-electron chi connectivity index (χ4n) is 3.16. The third kappa shape index (κ3) is 6.74. The Kier molecular flexibility index (Phi) is 8.99. The van der Waals surface area contributed by atoms with E-state index < -0.39 is 15.9 Å². The van der Waals surface area contributed by atoms with Crippen LogP contribution in [0.3, 0.4) is 0 Å². The van der Waals surface area contributed by atoms with Crippen molar-refractivity contribution in [2.45, 2.75) is 24.5 Å². The van der Waals surface area contributed by atoms with Gasteiger partial charge in [0.1, 0.15) is 12.4 Å². The number of benzene rings is 3. The molecule has 0 aliphatic heterocycles. The minimum atomic E-state index is -3.95. The lowest BCUT2D eigenvalue weighted by Gasteiger charge is -2.24. The Bertz CT molecular complexity index is 1210. The quantitative estimate of drug-likeness (QED) is 0.366. The molecule has 3 aromatic rings. The largest absolute Gasteiger partial charge is 0.354 e. The van der Waals surface area contributed by atoms with Gasteiger partial charge < -0.3 is 5.32 Å². The molecule has 5 nitrogen and oxygen atoms in total. The fraction of sp³-hybridized carbons (Fsp3) is 0.240. The molecule has 9 heteroatoms. The van der Waals surface area contributed by atoms with Gasteiger partial charge in [-0.05, 0) is 50.2 Å². The van der Waals surface area contributed by atoms with Crippen molar-refractivity contribution in [1.29, 1.82) is 0 Å². The van der Waals surface area contributed by atoms with Gasteiger partial charge in [0.25, 0.3) is 10.0 Å². The molecule has 0 saturated carbocycles. The van der Waals surface area contributed by atoms with Gasteiger partial charge >= 0.3 is 0 Å². The predicted molar refractivity (Wildman–Crippen MR) is 137 cm³/mol. The first-order valence-electron chi connectivity index (χ1n) is 10.6. The van der Waals surface area contributed by atoms with E-state index in [9.17, 15) is 17.6 Å². The number of thioether (sulfide) groups is 1. The summed E-state index contributed by atoms with van der Waals surface area (Å²) in [6.45, 7) is 3.73. The molecular weight excluding hydrogens is 495 g/mol. The van der Waals surface area contributed by atoms with Crippen LogP contribution in [0.2, 0.25) is 5.02 Å². The highest BCUT2D eigenvalue weighted by Crippen LogP contribution is 2.25. The second-order valence-corrected chi connectivity index (χ2v) is 11.1. The number of carbonyl (C=O) groups is 1. The van der Waals surface area contributed by atoms with Gasteiger partial charge in [0.2, 0.25) is 5.91 Å². The summed E-state index contributed by atoms with van der Waals surface area (Å²) < 4.78 is 41.7. The van der Waals surface area contributed by atoms with E-state index in [0.717, 1.165) is 15.4 Å². The summed E-state index contributed by atoms with van der Waals surface area (Å²) in [4.78, 5) is 12.8. The molecule has 0 aliphatic carbocycles. The maximum atomic E-state index is 13.9. The van der Waals surface area contributed by atoms with Crippen molar-refractivity contribution < 1.29 is 17.6 Å². The number of halogens is 2. The minimum Gasteiger partial charge on any atom is -0.354 e. The molecule has 0 bridgehead atoms. The van der Waals surface area contributed by atoms with Gasteiger partial charge in [-0.25, -0.2) is 12.8 Å². The molecule has 1 N–H and O–H groups in total. The Balaban J connectivity index is 1.64. The van der Waals surface area contributed by atoms with E-state index in [2.05, 4.69) is 5.32 Å². The first-order chi connectivity index (χ1) is 16.2. The summed E-state index contributed by atoms with van der Waals surface area (Å²) in [5, 5.41) is 3.12. The molecule has 0 atom stereocenters. The molecule has 0 unspecified atom stereocenters. The topological polar surface area (TPSA) is 66.5 Å². The number of rotatable bonds is 10. The van der Waals surface area contributed by atoms with Crippen LogP contribution >= 0.6 is 23.4 Å². The molecular formula is C25H26ClFN2O3S2. The monoisotopic (exact) mass is 520 g/mol. The molecule has 0 heterocycles. The van der Waals surface area contributed by atoms with Crippen LogP contribution in [-0.4, -0.2) is 33.2 Å². The second-order valence-electron chi connectivity index (χ2n) is 7.76. The van der Waals surface area contributed by atoms with E-state index in [1.165, 1.54) is 30.0 Å². The zero-order valence-corrected chi connectivity index (χ0v) is 21.3. The van der Waals surface area contributed by atoms with Crippen molar-refractivity contribution in [2.75, 3.05) is 23.1 Å². The molecule has 3 aromatic carbocycles. The highest BCUT2D eigenvalue weighted by Gasteiger charge is 2.27. The Hall–Kier alpha value is -2.55. The normalized spacial score (nSPS) is 11.3. The molecule has 0 aliphatic rings. The number of hydrogen-bond acceptors (Lipinski definition) is 4. The van der Waals surface area contributed by atoms with Gasteiger partial charge in [0.15, 0.2) is 0 Å². The lowest BCUT2D eigenvalue weighted by Crippen LogP contribution is -2.41. The predicted octanol–water partition coefficient (Wildman–Crippen LogP) is 5.34. The highest BCUT2D eigenvalue weighted by atomic mass is 35.5. The van der Waals surface area contributed by atoms with Crippen LogP contribution in [0.15, 0.2) is 71.6 Å². The molecule has 1 amide bonds. The number of aryl methyl sites for hydroxylation is 2. The number of hydrogen-bond donors (Lipinski definition) is 1. The van der Waals surface area contributed by atoms with Gasteiger partial charge in [-0.1, -0.05) is 53.1 Å². The average molecular weight is 521 g/mol. The third-order valence-electron chi connectivity index (χ3n) is 5.09. The summed E-state index contributed by atoms with van der Waals surface area (Å²) in [6, 6.07) is 18.0. The number of sulfonamides is 1. The van der Waals surface area contributed by atoms with Crippen LogP contribution < -0.4 is 9.62 Å². The molecule has 34 heavy (non-hydrogen) atoms. The van der Waals surface area contributed by atoms with Crippen molar-refractivity contribution in [3.05, 3.63) is 94.3 Å². The lowest BCUT2D eigenvalue weighted by molar-refractivity contribution is -0.119. The molecule has 0 spiro atoms. The van der Waals surface area contributed by atoms with Crippen LogP contribution in [0.4, 0.5) is 10.1 Å². The molecule has 0 fully saturated rings. The average Bonchev–Trinajstić information content (AvgIpc) is 2.80. The number of anilines is 1. The summed E-state index contributed by atoms with van der Waals surface area (Å²) in [5.41, 5.74) is 2.75. The van der Waals surface area contributed by atoms with E-state index >= 15 is 0 Å². The number of nitrogens with one attached hydrogen (secondary N) is 1. The van der Waals surface area contributed by atoms with Crippen LogP contribution in [0.25, 0.3) is 0 Å². The van der Waals surface area contributed by atoms with Crippen LogP contribution in [0.5, 0.6) is 0 Å². The smallest absolute Gasteiger partial charge is 0.264 e. The van der Waals surface area contributed by atoms with E-state index in [4.69, 9.17) is 11.6 Å². The van der Waals surface area contributed by atoms with E-state index in [0.29, 0.717) is 34.3 Å². The first-order valence-corrected chi connectivity index (χ1v) is 13.6. The minimum absolute atomic E-state index is 0.115. The number of amides is 1. The zero-order chi connectivity index (χ0) is 24.7. The first kappa shape index (κ1) is 26.1. The number of carbonyl (C=O) groups excluding carboxylic acids is 1. The SMILES string of the molecule is Cc1ccc(N(CC(=O)NCCSCc2c(F)cccc2Cl)S(=O)(=O)c2ccc(C)cc2)cc1. The van der Waals surface area contributed by atoms with Gasteiger partial charge in [-0.3, -0.25) is 9.10 Å². The van der Waals surface area contributed by atoms with Crippen LogP contribution in [-0.2, 0) is 20.6 Å². The molecule has 0 radical (unpaired) electrons. The summed E-state index contributed by atoms with van der Waals surface area (Å²) >= 11 is 7.46. The fourth-order valence-corrected chi connectivity index (χ4v) is 5.78. The Labute approximate surface area is 209 Å². The maximum Gasteiger partial charge on any atom is 0.264 e. The van der Waals surface area contributed by atoms with Crippen molar-refractivity contribution in [3.8, 4) is 0 Å².